The second-order valence-electron chi connectivity index (χ2n) is 2.27. The van der Waals surface area contributed by atoms with Gasteiger partial charge in [0.2, 0.25) is 0 Å². The van der Waals surface area contributed by atoms with Crippen molar-refractivity contribution in [2.75, 3.05) is 0 Å². The molecule has 0 bridgehead atoms. The van der Waals surface area contributed by atoms with Crippen molar-refractivity contribution in [3.05, 3.63) is 29.8 Å². The molecular formula is C7H7O2SSe. The van der Waals surface area contributed by atoms with Gasteiger partial charge in [0.05, 0.1) is 0 Å². The molecule has 1 radical (unpaired) electrons. The van der Waals surface area contributed by atoms with Crippen LogP contribution in [-0.4, -0.2) is 23.3 Å². The van der Waals surface area contributed by atoms with Gasteiger partial charge in [-0.05, 0) is 0 Å². The van der Waals surface area contributed by atoms with E-state index in [-0.39, 0.29) is 0 Å². The molecule has 1 aromatic carbocycles. The topological polar surface area (TPSA) is 34.1 Å². The van der Waals surface area contributed by atoms with Crippen LogP contribution >= 0.6 is 0 Å². The molecule has 4 heteroatoms. The van der Waals surface area contributed by atoms with E-state index in [1.54, 1.807) is 24.3 Å². The first-order valence-corrected chi connectivity index (χ1v) is 6.53. The van der Waals surface area contributed by atoms with Gasteiger partial charge in [0.1, 0.15) is 0 Å². The van der Waals surface area contributed by atoms with Gasteiger partial charge in [-0.25, -0.2) is 0 Å². The maximum atomic E-state index is 10.9. The molecule has 0 aliphatic rings. The normalized spacial score (nSPS) is 11.5. The zero-order chi connectivity index (χ0) is 8.48. The van der Waals surface area contributed by atoms with Crippen LogP contribution in [0.1, 0.15) is 5.56 Å². The first-order chi connectivity index (χ1) is 5.00. The van der Waals surface area contributed by atoms with Gasteiger partial charge in [-0.15, -0.1) is 0 Å². The number of rotatable bonds is 1. The second kappa shape index (κ2) is 2.97. The van der Waals surface area contributed by atoms with E-state index in [1.165, 1.54) is 0 Å². The number of hydrogen-bond acceptors (Lipinski definition) is 2. The van der Waals surface area contributed by atoms with Crippen molar-refractivity contribution in [2.24, 2.45) is 0 Å². The Kier molecular flexibility index (Phi) is 2.37. The molecule has 0 amide bonds. The van der Waals surface area contributed by atoms with E-state index in [9.17, 15) is 8.42 Å². The summed E-state index contributed by atoms with van der Waals surface area (Å²) in [6.07, 6.45) is 0. The molecule has 0 aliphatic carbocycles. The van der Waals surface area contributed by atoms with Crippen LogP contribution in [0.15, 0.2) is 29.2 Å². The fraction of sp³-hybridized carbons (Fsp3) is 0.143. The standard InChI is InChI=1S/C7H7O2SSe/c1-6-2-4-7(5-3-6)10(8,9)11/h2-5H,1H3. The van der Waals surface area contributed by atoms with E-state index < -0.39 is 8.26 Å². The predicted octanol–water partition coefficient (Wildman–Crippen LogP) is 0.852. The third-order valence-corrected chi connectivity index (χ3v) is 3.37. The zero-order valence-electron chi connectivity index (χ0n) is 5.94. The summed E-state index contributed by atoms with van der Waals surface area (Å²) in [6.45, 7) is 1.91. The Morgan fingerprint density at radius 3 is 2.00 bits per heavy atom. The quantitative estimate of drug-likeness (QED) is 0.675. The molecule has 59 valence electrons. The Bertz CT molecular complexity index is 339. The van der Waals surface area contributed by atoms with Gasteiger partial charge in [-0.3, -0.25) is 0 Å². The van der Waals surface area contributed by atoms with Gasteiger partial charge >= 0.3 is 73.2 Å². The van der Waals surface area contributed by atoms with Crippen LogP contribution in [0.25, 0.3) is 0 Å². The van der Waals surface area contributed by atoms with Crippen LogP contribution in [0.2, 0.25) is 0 Å². The molecule has 1 aromatic rings. The van der Waals surface area contributed by atoms with E-state index >= 15 is 0 Å². The summed E-state index contributed by atoms with van der Waals surface area (Å²) in [5.74, 6) is 0. The monoisotopic (exact) mass is 235 g/mol. The van der Waals surface area contributed by atoms with Crippen molar-refractivity contribution in [1.29, 1.82) is 0 Å². The first kappa shape index (κ1) is 8.78. The van der Waals surface area contributed by atoms with E-state index in [4.69, 9.17) is 0 Å². The van der Waals surface area contributed by atoms with E-state index in [1.807, 2.05) is 6.92 Å². The fourth-order valence-electron chi connectivity index (χ4n) is 0.705. The molecule has 0 fully saturated rings. The Balaban J connectivity index is 3.20. The summed E-state index contributed by atoms with van der Waals surface area (Å²) >= 11 is 2.12. The second-order valence-corrected chi connectivity index (χ2v) is 6.41. The van der Waals surface area contributed by atoms with Crippen LogP contribution in [0.3, 0.4) is 0 Å². The third kappa shape index (κ3) is 2.33. The minimum absolute atomic E-state index is 0.322. The summed E-state index contributed by atoms with van der Waals surface area (Å²) in [7, 11) is -3.14. The molecule has 0 N–H and O–H groups in total. The van der Waals surface area contributed by atoms with Gasteiger partial charge in [0.25, 0.3) is 0 Å². The van der Waals surface area contributed by atoms with Crippen molar-refractivity contribution < 1.29 is 8.42 Å². The number of hydrogen-bond donors (Lipinski definition) is 0. The Morgan fingerprint density at radius 1 is 1.18 bits per heavy atom. The molecular weight excluding hydrogens is 227 g/mol. The number of benzene rings is 1. The molecule has 1 rings (SSSR count). The van der Waals surface area contributed by atoms with Gasteiger partial charge in [0.15, 0.2) is 0 Å². The summed E-state index contributed by atoms with van der Waals surface area (Å²) < 4.78 is 21.8. The SMILES string of the molecule is Cc1ccc(S(=O)(=O)[Se])cc1. The van der Waals surface area contributed by atoms with Crippen molar-refractivity contribution in [3.63, 3.8) is 0 Å². The molecule has 0 spiro atoms. The van der Waals surface area contributed by atoms with Crippen molar-refractivity contribution in [2.45, 2.75) is 11.8 Å². The maximum absolute atomic E-state index is 10.9. The van der Waals surface area contributed by atoms with Crippen LogP contribution in [0.5, 0.6) is 0 Å². The zero-order valence-corrected chi connectivity index (χ0v) is 8.47. The fourth-order valence-corrected chi connectivity index (χ4v) is 1.87. The molecule has 0 saturated carbocycles. The molecule has 0 saturated heterocycles. The Labute approximate surface area is 73.4 Å². The molecule has 0 heterocycles. The van der Waals surface area contributed by atoms with Crippen LogP contribution in [0.4, 0.5) is 0 Å². The van der Waals surface area contributed by atoms with E-state index in [0.717, 1.165) is 5.56 Å². The summed E-state index contributed by atoms with van der Waals surface area (Å²) in [4.78, 5) is 0.322. The van der Waals surface area contributed by atoms with Crippen LogP contribution in [0, 0.1) is 6.92 Å². The van der Waals surface area contributed by atoms with Gasteiger partial charge in [-0.1, -0.05) is 0 Å². The molecule has 11 heavy (non-hydrogen) atoms. The minimum atomic E-state index is -3.14. The molecule has 0 unspecified atom stereocenters. The Morgan fingerprint density at radius 2 is 1.64 bits per heavy atom. The molecule has 0 atom stereocenters. The Hall–Kier alpha value is -0.311. The molecule has 0 aromatic heterocycles. The third-order valence-electron chi connectivity index (χ3n) is 1.31. The summed E-state index contributed by atoms with van der Waals surface area (Å²) in [6, 6.07) is 6.71. The van der Waals surface area contributed by atoms with Gasteiger partial charge < -0.3 is 0 Å². The molecule has 2 nitrogen and oxygen atoms in total. The average molecular weight is 234 g/mol. The molecule has 0 aliphatic heterocycles. The van der Waals surface area contributed by atoms with Gasteiger partial charge in [0, 0.05) is 0 Å². The average Bonchev–Trinajstić information content (AvgIpc) is 1.86. The van der Waals surface area contributed by atoms with Crippen molar-refractivity contribution in [1.82, 2.24) is 0 Å². The van der Waals surface area contributed by atoms with Crippen LogP contribution < -0.4 is 0 Å². The number of aryl methyl sites for hydroxylation is 1. The summed E-state index contributed by atoms with van der Waals surface area (Å²) in [5.41, 5.74) is 1.05. The van der Waals surface area contributed by atoms with Crippen LogP contribution in [-0.2, 0) is 8.26 Å². The van der Waals surface area contributed by atoms with Crippen molar-refractivity contribution >= 4 is 23.1 Å². The van der Waals surface area contributed by atoms with E-state index in [2.05, 4.69) is 14.9 Å². The van der Waals surface area contributed by atoms with Gasteiger partial charge in [-0.2, -0.15) is 0 Å². The summed E-state index contributed by atoms with van der Waals surface area (Å²) in [5, 5.41) is 0. The van der Waals surface area contributed by atoms with E-state index in [0.29, 0.717) is 4.90 Å². The first-order valence-electron chi connectivity index (χ1n) is 3.03. The predicted molar refractivity (Wildman–Crippen MR) is 44.1 cm³/mol. The van der Waals surface area contributed by atoms with Crippen molar-refractivity contribution in [3.8, 4) is 0 Å².